The van der Waals surface area contributed by atoms with Gasteiger partial charge < -0.3 is 0 Å². The first-order valence-electron chi connectivity index (χ1n) is 4.16. The van der Waals surface area contributed by atoms with Crippen LogP contribution in [-0.2, 0) is 0 Å². The maximum atomic E-state index is 5.59. The van der Waals surface area contributed by atoms with E-state index in [1.54, 1.807) is 18.6 Å². The van der Waals surface area contributed by atoms with Gasteiger partial charge in [-0.3, -0.25) is 21.2 Å². The summed E-state index contributed by atoms with van der Waals surface area (Å²) in [6, 6.07) is 0.0486. The lowest BCUT2D eigenvalue weighted by molar-refractivity contribution is 0.498. The minimum Gasteiger partial charge on any atom is -0.271 e. The average Bonchev–Trinajstić information content (AvgIpc) is 2.21. The summed E-state index contributed by atoms with van der Waals surface area (Å²) in [5, 5.41) is 0. The number of nitrogens with zero attached hydrogens (tertiary/aromatic N) is 2. The molecule has 4 nitrogen and oxygen atoms in total. The van der Waals surface area contributed by atoms with E-state index in [4.69, 9.17) is 17.4 Å². The molecular weight excluding hydrogens is 188 g/mol. The molecule has 1 atom stereocenters. The lowest BCUT2D eigenvalue weighted by atomic mass is 10.1. The molecular formula is C8H13ClN4. The standard InChI is InChI=1S/C8H13ClN4/c9-3-1-2-7(13-10)8-6-11-4-5-12-8/h4-7,13H,1-3,10H2. The van der Waals surface area contributed by atoms with Crippen LogP contribution in [0.5, 0.6) is 0 Å². The van der Waals surface area contributed by atoms with Crippen molar-refractivity contribution < 1.29 is 0 Å². The van der Waals surface area contributed by atoms with E-state index >= 15 is 0 Å². The van der Waals surface area contributed by atoms with Crippen LogP contribution in [0.4, 0.5) is 0 Å². The van der Waals surface area contributed by atoms with Gasteiger partial charge in [-0.25, -0.2) is 0 Å². The number of rotatable bonds is 5. The molecule has 0 spiro atoms. The summed E-state index contributed by atoms with van der Waals surface area (Å²) in [7, 11) is 0. The zero-order valence-corrected chi connectivity index (χ0v) is 8.04. The van der Waals surface area contributed by atoms with E-state index in [0.29, 0.717) is 5.88 Å². The fraction of sp³-hybridized carbons (Fsp3) is 0.500. The molecule has 0 amide bonds. The number of alkyl halides is 1. The predicted octanol–water partition coefficient (Wildman–Crippen LogP) is 1.000. The maximum Gasteiger partial charge on any atom is 0.0769 e. The Hall–Kier alpha value is -0.710. The van der Waals surface area contributed by atoms with E-state index in [9.17, 15) is 0 Å². The Morgan fingerprint density at radius 3 is 2.92 bits per heavy atom. The summed E-state index contributed by atoms with van der Waals surface area (Å²) in [6.07, 6.45) is 6.78. The molecule has 0 saturated heterocycles. The van der Waals surface area contributed by atoms with Crippen molar-refractivity contribution in [3.63, 3.8) is 0 Å². The predicted molar refractivity (Wildman–Crippen MR) is 52.1 cm³/mol. The van der Waals surface area contributed by atoms with Crippen LogP contribution in [0.25, 0.3) is 0 Å². The first-order chi connectivity index (χ1) is 6.38. The summed E-state index contributed by atoms with van der Waals surface area (Å²) < 4.78 is 0. The van der Waals surface area contributed by atoms with Crippen molar-refractivity contribution in [1.82, 2.24) is 15.4 Å². The van der Waals surface area contributed by atoms with Crippen molar-refractivity contribution in [2.75, 3.05) is 5.88 Å². The van der Waals surface area contributed by atoms with Gasteiger partial charge in [0.25, 0.3) is 0 Å². The number of halogens is 1. The molecule has 1 rings (SSSR count). The molecule has 0 saturated carbocycles. The number of hydrazine groups is 1. The highest BCUT2D eigenvalue weighted by molar-refractivity contribution is 6.17. The van der Waals surface area contributed by atoms with Gasteiger partial charge in [0.2, 0.25) is 0 Å². The molecule has 0 fully saturated rings. The molecule has 0 bridgehead atoms. The molecule has 5 heteroatoms. The topological polar surface area (TPSA) is 63.8 Å². The quantitative estimate of drug-likeness (QED) is 0.423. The fourth-order valence-corrected chi connectivity index (χ4v) is 1.24. The van der Waals surface area contributed by atoms with Crippen molar-refractivity contribution in [3.8, 4) is 0 Å². The lowest BCUT2D eigenvalue weighted by Crippen LogP contribution is -2.28. The normalized spacial score (nSPS) is 12.8. The number of nitrogens with two attached hydrogens (primary N) is 1. The average molecular weight is 201 g/mol. The second-order valence-corrected chi connectivity index (χ2v) is 3.06. The molecule has 1 aromatic rings. The summed E-state index contributed by atoms with van der Waals surface area (Å²) in [5.74, 6) is 6.02. The van der Waals surface area contributed by atoms with Crippen molar-refractivity contribution in [2.45, 2.75) is 18.9 Å². The van der Waals surface area contributed by atoms with Gasteiger partial charge >= 0.3 is 0 Å². The molecule has 0 aliphatic carbocycles. The molecule has 1 unspecified atom stereocenters. The van der Waals surface area contributed by atoms with E-state index < -0.39 is 0 Å². The highest BCUT2D eigenvalue weighted by atomic mass is 35.5. The molecule has 0 aliphatic heterocycles. The van der Waals surface area contributed by atoms with Gasteiger partial charge in [0.05, 0.1) is 17.9 Å². The smallest absolute Gasteiger partial charge is 0.0769 e. The van der Waals surface area contributed by atoms with Crippen LogP contribution in [0.1, 0.15) is 24.6 Å². The summed E-state index contributed by atoms with van der Waals surface area (Å²) in [5.41, 5.74) is 3.55. The van der Waals surface area contributed by atoms with Crippen molar-refractivity contribution >= 4 is 11.6 Å². The number of hydrogen-bond acceptors (Lipinski definition) is 4. The first kappa shape index (κ1) is 10.4. The van der Waals surface area contributed by atoms with Crippen molar-refractivity contribution in [3.05, 3.63) is 24.3 Å². The number of hydrogen-bond donors (Lipinski definition) is 2. The van der Waals surface area contributed by atoms with Crippen molar-refractivity contribution in [1.29, 1.82) is 0 Å². The van der Waals surface area contributed by atoms with Gasteiger partial charge in [-0.1, -0.05) is 0 Å². The monoisotopic (exact) mass is 200 g/mol. The van der Waals surface area contributed by atoms with Crippen LogP contribution in [-0.4, -0.2) is 15.8 Å². The maximum absolute atomic E-state index is 5.59. The Kier molecular flexibility index (Phi) is 4.67. The van der Waals surface area contributed by atoms with Gasteiger partial charge in [0, 0.05) is 18.3 Å². The molecule has 1 heterocycles. The third-order valence-electron chi connectivity index (χ3n) is 1.77. The Morgan fingerprint density at radius 2 is 2.38 bits per heavy atom. The Labute approximate surface area is 82.5 Å². The second kappa shape index (κ2) is 5.85. The van der Waals surface area contributed by atoms with Gasteiger partial charge in [-0.2, -0.15) is 0 Å². The summed E-state index contributed by atoms with van der Waals surface area (Å²) in [6.45, 7) is 0. The third kappa shape index (κ3) is 3.26. The third-order valence-corrected chi connectivity index (χ3v) is 2.04. The van der Waals surface area contributed by atoms with Crippen LogP contribution in [0.15, 0.2) is 18.6 Å². The SMILES string of the molecule is NNC(CCCCl)c1cnccn1. The minimum absolute atomic E-state index is 0.0486. The van der Waals surface area contributed by atoms with Gasteiger partial charge in [0.1, 0.15) is 0 Å². The molecule has 0 radical (unpaired) electrons. The van der Waals surface area contributed by atoms with Crippen LogP contribution in [0.2, 0.25) is 0 Å². The Balaban J connectivity index is 2.56. The van der Waals surface area contributed by atoms with E-state index in [0.717, 1.165) is 18.5 Å². The number of nitrogens with one attached hydrogen (secondary N) is 1. The molecule has 3 N–H and O–H groups in total. The largest absolute Gasteiger partial charge is 0.271 e. The molecule has 72 valence electrons. The van der Waals surface area contributed by atoms with E-state index in [2.05, 4.69) is 15.4 Å². The van der Waals surface area contributed by atoms with E-state index in [1.165, 1.54) is 0 Å². The molecule has 0 aromatic carbocycles. The van der Waals surface area contributed by atoms with E-state index in [1.807, 2.05) is 0 Å². The van der Waals surface area contributed by atoms with Gasteiger partial charge in [-0.05, 0) is 12.8 Å². The summed E-state index contributed by atoms with van der Waals surface area (Å²) in [4.78, 5) is 8.13. The number of aromatic nitrogens is 2. The molecule has 1 aromatic heterocycles. The van der Waals surface area contributed by atoms with Crippen LogP contribution in [0, 0.1) is 0 Å². The molecule has 13 heavy (non-hydrogen) atoms. The highest BCUT2D eigenvalue weighted by Crippen LogP contribution is 2.13. The fourth-order valence-electron chi connectivity index (χ4n) is 1.09. The lowest BCUT2D eigenvalue weighted by Gasteiger charge is -2.13. The second-order valence-electron chi connectivity index (χ2n) is 2.68. The van der Waals surface area contributed by atoms with Crippen LogP contribution < -0.4 is 11.3 Å². The van der Waals surface area contributed by atoms with Crippen LogP contribution in [0.3, 0.4) is 0 Å². The first-order valence-corrected chi connectivity index (χ1v) is 4.70. The molecule has 0 aliphatic rings. The van der Waals surface area contributed by atoms with Gasteiger partial charge in [-0.15, -0.1) is 11.6 Å². The Bertz CT molecular complexity index is 229. The van der Waals surface area contributed by atoms with Gasteiger partial charge in [0.15, 0.2) is 0 Å². The Morgan fingerprint density at radius 1 is 1.54 bits per heavy atom. The zero-order chi connectivity index (χ0) is 9.52. The minimum atomic E-state index is 0.0486. The highest BCUT2D eigenvalue weighted by Gasteiger charge is 2.09. The van der Waals surface area contributed by atoms with Crippen molar-refractivity contribution in [2.24, 2.45) is 5.84 Å². The zero-order valence-electron chi connectivity index (χ0n) is 7.28. The van der Waals surface area contributed by atoms with E-state index in [-0.39, 0.29) is 6.04 Å². The van der Waals surface area contributed by atoms with Crippen LogP contribution >= 0.6 is 11.6 Å². The summed E-state index contributed by atoms with van der Waals surface area (Å²) >= 11 is 5.59.